The highest BCUT2D eigenvalue weighted by molar-refractivity contribution is 5.94. The first-order valence-corrected chi connectivity index (χ1v) is 9.33. The first-order valence-electron chi connectivity index (χ1n) is 9.33. The lowest BCUT2D eigenvalue weighted by Crippen LogP contribution is -2.15. The Balaban J connectivity index is 1.71. The van der Waals surface area contributed by atoms with E-state index in [1.807, 2.05) is 12.4 Å². The van der Waals surface area contributed by atoms with Crippen molar-refractivity contribution in [1.29, 1.82) is 0 Å². The molecule has 3 N–H and O–H groups in total. The van der Waals surface area contributed by atoms with E-state index in [0.29, 0.717) is 12.0 Å². The lowest BCUT2D eigenvalue weighted by Gasteiger charge is -2.11. The lowest BCUT2D eigenvalue weighted by molar-refractivity contribution is 0.754. The Morgan fingerprint density at radius 1 is 1.31 bits per heavy atom. The van der Waals surface area contributed by atoms with Crippen LogP contribution in [0.25, 0.3) is 27.9 Å². The number of anilines is 1. The quantitative estimate of drug-likeness (QED) is 0.657. The summed E-state index contributed by atoms with van der Waals surface area (Å²) in [4.78, 5) is 12.4. The van der Waals surface area contributed by atoms with Gasteiger partial charge in [0.2, 0.25) is 5.95 Å². The van der Waals surface area contributed by atoms with Gasteiger partial charge >= 0.3 is 0 Å². The molecule has 134 valence electrons. The molecule has 1 aromatic carbocycles. The van der Waals surface area contributed by atoms with E-state index in [1.165, 1.54) is 16.7 Å². The fourth-order valence-electron chi connectivity index (χ4n) is 3.41. The fraction of sp³-hybridized carbons (Fsp3) is 0.333. The van der Waals surface area contributed by atoms with Gasteiger partial charge in [0.25, 0.3) is 0 Å². The van der Waals surface area contributed by atoms with Crippen molar-refractivity contribution >= 4 is 22.7 Å². The van der Waals surface area contributed by atoms with E-state index < -0.39 is 0 Å². The highest BCUT2D eigenvalue weighted by atomic mass is 15.1. The van der Waals surface area contributed by atoms with Crippen LogP contribution in [0.5, 0.6) is 0 Å². The Bertz CT molecular complexity index is 956. The third-order valence-corrected chi connectivity index (χ3v) is 5.12. The molecule has 5 nitrogen and oxygen atoms in total. The topological polar surface area (TPSA) is 65.6 Å². The standard InChI is InChI=1S/C21H25N5/c1-4-13(2)25-21-24-12-19-18(11-23-20(19)26-21)16-7-8-17-14(3)22-9-5-6-15(17)10-16/h7-8,10-13,22H,3-6,9H2,1-2H3,(H2,23,24,25,26). The summed E-state index contributed by atoms with van der Waals surface area (Å²) < 4.78 is 0. The van der Waals surface area contributed by atoms with Gasteiger partial charge in [-0.2, -0.15) is 4.98 Å². The summed E-state index contributed by atoms with van der Waals surface area (Å²) in [5, 5.41) is 7.76. The Morgan fingerprint density at radius 3 is 3.04 bits per heavy atom. The van der Waals surface area contributed by atoms with Crippen LogP contribution in [0.15, 0.2) is 37.2 Å². The summed E-state index contributed by atoms with van der Waals surface area (Å²) in [6, 6.07) is 6.96. The van der Waals surface area contributed by atoms with Gasteiger partial charge in [0.15, 0.2) is 0 Å². The molecule has 0 radical (unpaired) electrons. The number of fused-ring (bicyclic) bond motifs is 2. The van der Waals surface area contributed by atoms with E-state index in [9.17, 15) is 0 Å². The van der Waals surface area contributed by atoms with Crippen LogP contribution in [0, 0.1) is 0 Å². The molecule has 26 heavy (non-hydrogen) atoms. The Labute approximate surface area is 154 Å². The van der Waals surface area contributed by atoms with E-state index in [0.717, 1.165) is 48.1 Å². The average molecular weight is 347 g/mol. The molecule has 3 heterocycles. The lowest BCUT2D eigenvalue weighted by atomic mass is 9.96. The molecule has 5 heteroatoms. The van der Waals surface area contributed by atoms with Crippen molar-refractivity contribution in [3.8, 4) is 11.1 Å². The van der Waals surface area contributed by atoms with E-state index in [-0.39, 0.29) is 0 Å². The van der Waals surface area contributed by atoms with Crippen molar-refractivity contribution in [2.75, 3.05) is 11.9 Å². The number of hydrogen-bond acceptors (Lipinski definition) is 4. The molecule has 3 aromatic rings. The van der Waals surface area contributed by atoms with Gasteiger partial charge in [-0.15, -0.1) is 0 Å². The molecule has 0 saturated carbocycles. The first-order chi connectivity index (χ1) is 12.7. The molecule has 1 aliphatic heterocycles. The number of rotatable bonds is 4. The smallest absolute Gasteiger partial charge is 0.224 e. The molecule has 0 spiro atoms. The zero-order valence-electron chi connectivity index (χ0n) is 15.4. The van der Waals surface area contributed by atoms with Gasteiger partial charge in [0.1, 0.15) is 5.65 Å². The zero-order chi connectivity index (χ0) is 18.1. The highest BCUT2D eigenvalue weighted by Crippen LogP contribution is 2.31. The number of nitrogens with zero attached hydrogens (tertiary/aromatic N) is 2. The van der Waals surface area contributed by atoms with Gasteiger partial charge < -0.3 is 15.6 Å². The molecule has 4 rings (SSSR count). The van der Waals surface area contributed by atoms with E-state index in [1.54, 1.807) is 0 Å². The second-order valence-electron chi connectivity index (χ2n) is 6.99. The molecule has 1 atom stereocenters. The van der Waals surface area contributed by atoms with Crippen molar-refractivity contribution in [3.63, 3.8) is 0 Å². The van der Waals surface area contributed by atoms with Crippen molar-refractivity contribution in [2.24, 2.45) is 0 Å². The van der Waals surface area contributed by atoms with Crippen LogP contribution in [-0.2, 0) is 6.42 Å². The van der Waals surface area contributed by atoms with Crippen LogP contribution in [0.3, 0.4) is 0 Å². The molecule has 1 aliphatic rings. The second kappa shape index (κ2) is 6.83. The molecule has 2 aromatic heterocycles. The minimum atomic E-state index is 0.355. The van der Waals surface area contributed by atoms with Crippen molar-refractivity contribution in [1.82, 2.24) is 20.3 Å². The van der Waals surface area contributed by atoms with Crippen LogP contribution < -0.4 is 10.6 Å². The highest BCUT2D eigenvalue weighted by Gasteiger charge is 2.14. The van der Waals surface area contributed by atoms with Gasteiger partial charge in [-0.3, -0.25) is 0 Å². The maximum absolute atomic E-state index is 4.62. The third kappa shape index (κ3) is 3.05. The number of aromatic amines is 1. The number of H-pyrrole nitrogens is 1. The van der Waals surface area contributed by atoms with Crippen molar-refractivity contribution < 1.29 is 0 Å². The van der Waals surface area contributed by atoms with Gasteiger partial charge in [-0.25, -0.2) is 4.98 Å². The van der Waals surface area contributed by atoms with Crippen molar-refractivity contribution in [2.45, 2.75) is 39.2 Å². The van der Waals surface area contributed by atoms with E-state index in [2.05, 4.69) is 64.2 Å². The van der Waals surface area contributed by atoms with Crippen molar-refractivity contribution in [3.05, 3.63) is 48.3 Å². The molecule has 0 bridgehead atoms. The molecule has 0 amide bonds. The fourth-order valence-corrected chi connectivity index (χ4v) is 3.41. The summed E-state index contributed by atoms with van der Waals surface area (Å²) in [6.07, 6.45) is 7.16. The number of benzene rings is 1. The third-order valence-electron chi connectivity index (χ3n) is 5.12. The average Bonchev–Trinajstić information content (AvgIpc) is 2.98. The zero-order valence-corrected chi connectivity index (χ0v) is 15.4. The molecule has 0 saturated heterocycles. The summed E-state index contributed by atoms with van der Waals surface area (Å²) in [5.74, 6) is 0.671. The molecular weight excluding hydrogens is 322 g/mol. The Morgan fingerprint density at radius 2 is 2.19 bits per heavy atom. The van der Waals surface area contributed by atoms with Crippen LogP contribution in [0.4, 0.5) is 5.95 Å². The Kier molecular flexibility index (Phi) is 4.37. The number of nitrogens with one attached hydrogen (secondary N) is 3. The number of aryl methyl sites for hydroxylation is 1. The minimum Gasteiger partial charge on any atom is -0.385 e. The maximum atomic E-state index is 4.62. The van der Waals surface area contributed by atoms with E-state index >= 15 is 0 Å². The molecule has 0 aliphatic carbocycles. The van der Waals surface area contributed by atoms with Gasteiger partial charge in [-0.1, -0.05) is 31.7 Å². The van der Waals surface area contributed by atoms with Crippen LogP contribution in [0.2, 0.25) is 0 Å². The molecular formula is C21H25N5. The molecule has 1 unspecified atom stereocenters. The largest absolute Gasteiger partial charge is 0.385 e. The van der Waals surface area contributed by atoms with Gasteiger partial charge in [-0.05, 0) is 37.3 Å². The van der Waals surface area contributed by atoms with E-state index in [4.69, 9.17) is 0 Å². The van der Waals surface area contributed by atoms with Crippen LogP contribution >= 0.6 is 0 Å². The monoisotopic (exact) mass is 347 g/mol. The Hall–Kier alpha value is -2.82. The summed E-state index contributed by atoms with van der Waals surface area (Å²) in [5.41, 5.74) is 6.79. The number of hydrogen-bond donors (Lipinski definition) is 3. The predicted molar refractivity (Wildman–Crippen MR) is 108 cm³/mol. The predicted octanol–water partition coefficient (Wildman–Crippen LogP) is 4.34. The van der Waals surface area contributed by atoms with Crippen LogP contribution in [0.1, 0.15) is 37.8 Å². The first kappa shape index (κ1) is 16.6. The minimum absolute atomic E-state index is 0.355. The number of aromatic nitrogens is 3. The van der Waals surface area contributed by atoms with Gasteiger partial charge in [0, 0.05) is 47.2 Å². The van der Waals surface area contributed by atoms with Crippen LogP contribution in [-0.4, -0.2) is 27.5 Å². The maximum Gasteiger partial charge on any atom is 0.224 e. The van der Waals surface area contributed by atoms with Gasteiger partial charge in [0.05, 0.1) is 0 Å². The SMILES string of the molecule is C=C1NCCCc2cc(-c3c[nH]c4nc(NC(C)CC)ncc34)ccc21. The summed E-state index contributed by atoms with van der Waals surface area (Å²) >= 11 is 0. The normalized spacial score (nSPS) is 15.2. The summed E-state index contributed by atoms with van der Waals surface area (Å²) in [6.45, 7) is 9.41. The molecule has 0 fully saturated rings. The second-order valence-corrected chi connectivity index (χ2v) is 6.99. The summed E-state index contributed by atoms with van der Waals surface area (Å²) in [7, 11) is 0.